The molecule has 2 aliphatic rings. The van der Waals surface area contributed by atoms with Gasteiger partial charge in [-0.05, 0) is 25.5 Å². The maximum absolute atomic E-state index is 13.8. The number of hydrogen-bond donors (Lipinski definition) is 1. The number of nitrogens with zero attached hydrogens (tertiary/aromatic N) is 4. The first-order valence-corrected chi connectivity index (χ1v) is 11.4. The number of amides is 2. The quantitative estimate of drug-likeness (QED) is 0.527. The third-order valence-electron chi connectivity index (χ3n) is 6.70. The minimum atomic E-state index is -1.03. The summed E-state index contributed by atoms with van der Waals surface area (Å²) in [4.78, 5) is 31.2. The summed E-state index contributed by atoms with van der Waals surface area (Å²) >= 11 is 0. The largest absolute Gasteiger partial charge is 0.632 e. The summed E-state index contributed by atoms with van der Waals surface area (Å²) in [6.07, 6.45) is 2.50. The number of rotatable bonds is 7. The van der Waals surface area contributed by atoms with Crippen LogP contribution < -0.4 is 0 Å². The molecule has 1 aromatic rings. The number of quaternary nitrogens is 1. The fourth-order valence-corrected chi connectivity index (χ4v) is 4.74. The van der Waals surface area contributed by atoms with Gasteiger partial charge >= 0.3 is 12.0 Å². The maximum atomic E-state index is 13.8. The Morgan fingerprint density at radius 2 is 1.84 bits per heavy atom. The monoisotopic (exact) mass is 432 g/mol. The number of hydrogen-bond acceptors (Lipinski definition) is 4. The standard InChI is InChI=1S/C23H36N4O4/c1-3-4-10-21(22(28)29)27(31)16-15-26(23(30)25-13-11-24(2)12-14-25)20(18-27)17-19-8-6-5-7-9-19/h5-9,20-21H,3-4,10-18H2,1-2H3,(H,28,29). The van der Waals surface area contributed by atoms with Crippen LogP contribution in [0.25, 0.3) is 0 Å². The minimum Gasteiger partial charge on any atom is -0.632 e. The summed E-state index contributed by atoms with van der Waals surface area (Å²) in [7, 11) is 2.05. The number of aliphatic carboxylic acids is 1. The van der Waals surface area contributed by atoms with Crippen molar-refractivity contribution in [2.24, 2.45) is 0 Å². The maximum Gasteiger partial charge on any atom is 0.362 e. The molecule has 3 atom stereocenters. The van der Waals surface area contributed by atoms with Gasteiger partial charge in [0.2, 0.25) is 0 Å². The number of carbonyl (C=O) groups excluding carboxylic acids is 1. The lowest BCUT2D eigenvalue weighted by molar-refractivity contribution is -0.904. The molecule has 1 aromatic carbocycles. The van der Waals surface area contributed by atoms with Crippen LogP contribution in [0.4, 0.5) is 4.79 Å². The van der Waals surface area contributed by atoms with Crippen molar-refractivity contribution in [2.75, 3.05) is 52.9 Å². The summed E-state index contributed by atoms with van der Waals surface area (Å²) in [5.74, 6) is -1.03. The molecule has 172 valence electrons. The molecule has 0 aliphatic carbocycles. The molecular weight excluding hydrogens is 396 g/mol. The number of hydroxylamine groups is 3. The highest BCUT2D eigenvalue weighted by Gasteiger charge is 2.44. The van der Waals surface area contributed by atoms with Crippen LogP contribution in [0.3, 0.4) is 0 Å². The van der Waals surface area contributed by atoms with Crippen molar-refractivity contribution in [1.29, 1.82) is 0 Å². The lowest BCUT2D eigenvalue weighted by atomic mass is 9.99. The molecule has 0 bridgehead atoms. The lowest BCUT2D eigenvalue weighted by Crippen LogP contribution is -2.68. The van der Waals surface area contributed by atoms with Crippen LogP contribution in [0.2, 0.25) is 0 Å². The Labute approximate surface area is 185 Å². The number of carbonyl (C=O) groups is 2. The van der Waals surface area contributed by atoms with Crippen molar-refractivity contribution in [3.63, 3.8) is 0 Å². The summed E-state index contributed by atoms with van der Waals surface area (Å²) in [5.41, 5.74) is 1.05. The Bertz CT molecular complexity index is 738. The van der Waals surface area contributed by atoms with Gasteiger partial charge in [0.25, 0.3) is 0 Å². The van der Waals surface area contributed by atoms with Crippen LogP contribution >= 0.6 is 0 Å². The lowest BCUT2D eigenvalue weighted by Gasteiger charge is -2.55. The normalized spacial score (nSPS) is 26.0. The zero-order valence-electron chi connectivity index (χ0n) is 18.8. The van der Waals surface area contributed by atoms with Gasteiger partial charge in [0.1, 0.15) is 6.54 Å². The number of carboxylic acids is 1. The van der Waals surface area contributed by atoms with Gasteiger partial charge in [-0.25, -0.2) is 9.59 Å². The number of urea groups is 1. The summed E-state index contributed by atoms with van der Waals surface area (Å²) < 4.78 is -0.751. The van der Waals surface area contributed by atoms with Crippen LogP contribution in [0.1, 0.15) is 31.7 Å². The number of likely N-dealkylation sites (N-methyl/N-ethyl adjacent to an activating group) is 1. The first-order valence-electron chi connectivity index (χ1n) is 11.4. The molecule has 0 saturated carbocycles. The van der Waals surface area contributed by atoms with E-state index in [4.69, 9.17) is 0 Å². The molecule has 1 N–H and O–H groups in total. The third kappa shape index (κ3) is 5.75. The second-order valence-electron chi connectivity index (χ2n) is 8.96. The molecule has 2 saturated heterocycles. The van der Waals surface area contributed by atoms with Gasteiger partial charge in [-0.2, -0.15) is 0 Å². The Morgan fingerprint density at radius 3 is 2.45 bits per heavy atom. The Hall–Kier alpha value is -2.16. The van der Waals surface area contributed by atoms with E-state index < -0.39 is 16.7 Å². The van der Waals surface area contributed by atoms with Crippen LogP contribution in [0.15, 0.2) is 30.3 Å². The highest BCUT2D eigenvalue weighted by Crippen LogP contribution is 2.27. The van der Waals surface area contributed by atoms with Gasteiger partial charge in [0.15, 0.2) is 6.04 Å². The SMILES string of the molecule is CCCCC(C(=O)O)[N+]1([O-])CCN(C(=O)N2CCN(C)CC2)C(Cc2ccccc2)C1. The number of piperazine rings is 2. The van der Waals surface area contributed by atoms with E-state index in [1.54, 1.807) is 0 Å². The zero-order valence-corrected chi connectivity index (χ0v) is 18.8. The van der Waals surface area contributed by atoms with Gasteiger partial charge in [-0.1, -0.05) is 43.7 Å². The summed E-state index contributed by atoms with van der Waals surface area (Å²) in [6, 6.07) is 8.52. The smallest absolute Gasteiger partial charge is 0.362 e. The predicted octanol–water partition coefficient (Wildman–Crippen LogP) is 2.24. The number of unbranched alkanes of at least 4 members (excludes halogenated alkanes) is 1. The van der Waals surface area contributed by atoms with Gasteiger partial charge in [-0.3, -0.25) is 0 Å². The highest BCUT2D eigenvalue weighted by atomic mass is 16.6. The molecule has 8 nitrogen and oxygen atoms in total. The molecule has 0 radical (unpaired) electrons. The number of carboxylic acid groups (broad SMARTS) is 1. The second-order valence-corrected chi connectivity index (χ2v) is 8.96. The van der Waals surface area contributed by atoms with E-state index >= 15 is 0 Å². The van der Waals surface area contributed by atoms with Crippen molar-refractivity contribution in [3.8, 4) is 0 Å². The molecule has 8 heteroatoms. The molecule has 2 heterocycles. The van der Waals surface area contributed by atoms with Crippen LogP contribution in [-0.4, -0.2) is 101 Å². The molecule has 0 spiro atoms. The van der Waals surface area contributed by atoms with Gasteiger partial charge in [-0.15, -0.1) is 0 Å². The number of benzene rings is 1. The second kappa shape index (κ2) is 10.4. The van der Waals surface area contributed by atoms with Crippen LogP contribution in [0.5, 0.6) is 0 Å². The van der Waals surface area contributed by atoms with E-state index in [0.717, 1.165) is 25.1 Å². The van der Waals surface area contributed by atoms with E-state index in [-0.39, 0.29) is 25.2 Å². The van der Waals surface area contributed by atoms with E-state index in [1.165, 1.54) is 0 Å². The fourth-order valence-electron chi connectivity index (χ4n) is 4.74. The highest BCUT2D eigenvalue weighted by molar-refractivity contribution is 5.75. The Kier molecular flexibility index (Phi) is 7.91. The van der Waals surface area contributed by atoms with Gasteiger partial charge in [0, 0.05) is 32.6 Å². The van der Waals surface area contributed by atoms with Crippen molar-refractivity contribution < 1.29 is 19.3 Å². The van der Waals surface area contributed by atoms with E-state index in [9.17, 15) is 19.9 Å². The average molecular weight is 433 g/mol. The van der Waals surface area contributed by atoms with Crippen molar-refractivity contribution in [1.82, 2.24) is 14.7 Å². The molecule has 3 rings (SSSR count). The molecule has 31 heavy (non-hydrogen) atoms. The van der Waals surface area contributed by atoms with Crippen molar-refractivity contribution in [2.45, 2.75) is 44.7 Å². The average Bonchev–Trinajstić information content (AvgIpc) is 2.75. The predicted molar refractivity (Wildman–Crippen MR) is 119 cm³/mol. The first kappa shape index (κ1) is 23.5. The van der Waals surface area contributed by atoms with E-state index in [2.05, 4.69) is 4.90 Å². The van der Waals surface area contributed by atoms with Gasteiger partial charge < -0.3 is 29.7 Å². The minimum absolute atomic E-state index is 0.0271. The zero-order chi connectivity index (χ0) is 22.4. The van der Waals surface area contributed by atoms with E-state index in [1.807, 2.05) is 54.1 Å². The molecule has 3 unspecified atom stereocenters. The summed E-state index contributed by atoms with van der Waals surface area (Å²) in [6.45, 7) is 5.57. The molecule has 2 amide bonds. The molecule has 2 fully saturated rings. The third-order valence-corrected chi connectivity index (χ3v) is 6.70. The topological polar surface area (TPSA) is 87.1 Å². The first-order chi connectivity index (χ1) is 14.8. The molecular formula is C23H36N4O4. The van der Waals surface area contributed by atoms with Crippen molar-refractivity contribution >= 4 is 12.0 Å². The fraction of sp³-hybridized carbons (Fsp3) is 0.652. The van der Waals surface area contributed by atoms with E-state index in [0.29, 0.717) is 38.9 Å². The summed E-state index contributed by atoms with van der Waals surface area (Å²) in [5, 5.41) is 23.5. The Morgan fingerprint density at radius 1 is 1.16 bits per heavy atom. The molecule has 0 aromatic heterocycles. The van der Waals surface area contributed by atoms with Crippen LogP contribution in [0, 0.1) is 5.21 Å². The van der Waals surface area contributed by atoms with Gasteiger partial charge in [0.05, 0.1) is 19.1 Å². The Balaban J connectivity index is 1.81. The van der Waals surface area contributed by atoms with Crippen molar-refractivity contribution in [3.05, 3.63) is 41.1 Å². The molecule has 2 aliphatic heterocycles. The van der Waals surface area contributed by atoms with Crippen LogP contribution in [-0.2, 0) is 11.2 Å².